The van der Waals surface area contributed by atoms with E-state index in [2.05, 4.69) is 26.1 Å². The van der Waals surface area contributed by atoms with Crippen LogP contribution in [0.5, 0.6) is 0 Å². The normalized spacial score (nSPS) is 23.5. The number of nitrogens with zero attached hydrogens (tertiary/aromatic N) is 2. The Kier molecular flexibility index (Phi) is 3.63. The van der Waals surface area contributed by atoms with E-state index in [0.717, 1.165) is 16.5 Å². The lowest BCUT2D eigenvalue weighted by molar-refractivity contribution is 0.0590. The Morgan fingerprint density at radius 1 is 1.26 bits per heavy atom. The van der Waals surface area contributed by atoms with E-state index in [1.54, 1.807) is 0 Å². The second-order valence-corrected chi connectivity index (χ2v) is 5.51. The summed E-state index contributed by atoms with van der Waals surface area (Å²) in [6.07, 6.45) is 0.820. The summed E-state index contributed by atoms with van der Waals surface area (Å²) in [7, 11) is 0. The molecule has 0 aliphatic carbocycles. The summed E-state index contributed by atoms with van der Waals surface area (Å²) in [6.45, 7) is 1.24. The van der Waals surface area contributed by atoms with Crippen LogP contribution in [0.15, 0.2) is 33.3 Å². The van der Waals surface area contributed by atoms with E-state index in [9.17, 15) is 0 Å². The molecule has 1 fully saturated rings. The number of ether oxygens (including phenoxy) is 1. The van der Waals surface area contributed by atoms with E-state index < -0.39 is 0 Å². The van der Waals surface area contributed by atoms with E-state index in [1.165, 1.54) is 0 Å². The minimum atomic E-state index is -0.00884. The molecule has 1 aromatic heterocycles. The van der Waals surface area contributed by atoms with Crippen LogP contribution >= 0.6 is 15.9 Å². The van der Waals surface area contributed by atoms with Crippen molar-refractivity contribution in [3.05, 3.63) is 34.6 Å². The standard InChI is InChI=1S/C13H14BrN3O2/c14-9-3-1-8(2-4-9)12-16-13(19-17-12)10-7-18-6-5-11(10)15/h1-4,10-11H,5-7,15H2. The first kappa shape index (κ1) is 12.8. The fourth-order valence-electron chi connectivity index (χ4n) is 2.11. The zero-order chi connectivity index (χ0) is 13.2. The predicted molar refractivity (Wildman–Crippen MR) is 73.6 cm³/mol. The van der Waals surface area contributed by atoms with E-state index in [1.807, 2.05) is 24.3 Å². The number of halogens is 1. The number of aromatic nitrogens is 2. The molecule has 1 saturated heterocycles. The molecule has 0 radical (unpaired) electrons. The average Bonchev–Trinajstić information content (AvgIpc) is 2.89. The van der Waals surface area contributed by atoms with Crippen molar-refractivity contribution < 1.29 is 9.26 Å². The zero-order valence-corrected chi connectivity index (χ0v) is 11.8. The Hall–Kier alpha value is -1.24. The van der Waals surface area contributed by atoms with E-state index in [4.69, 9.17) is 15.0 Å². The molecule has 0 bridgehead atoms. The molecule has 19 heavy (non-hydrogen) atoms. The Morgan fingerprint density at radius 3 is 2.79 bits per heavy atom. The molecule has 1 aromatic carbocycles. The molecule has 5 nitrogen and oxygen atoms in total. The molecule has 2 atom stereocenters. The van der Waals surface area contributed by atoms with Crippen LogP contribution in [0, 0.1) is 0 Å². The van der Waals surface area contributed by atoms with Gasteiger partial charge in [0.2, 0.25) is 11.7 Å². The Bertz CT molecular complexity index is 555. The third kappa shape index (κ3) is 2.70. The van der Waals surface area contributed by atoms with Crippen molar-refractivity contribution in [1.29, 1.82) is 0 Å². The number of rotatable bonds is 2. The number of nitrogens with two attached hydrogens (primary N) is 1. The van der Waals surface area contributed by atoms with Crippen LogP contribution in [0.25, 0.3) is 11.4 Å². The highest BCUT2D eigenvalue weighted by Crippen LogP contribution is 2.26. The molecule has 0 amide bonds. The van der Waals surface area contributed by atoms with Gasteiger partial charge in [0.25, 0.3) is 0 Å². The van der Waals surface area contributed by atoms with Crippen LogP contribution in [0.1, 0.15) is 18.2 Å². The van der Waals surface area contributed by atoms with E-state index >= 15 is 0 Å². The summed E-state index contributed by atoms with van der Waals surface area (Å²) in [5.41, 5.74) is 6.98. The average molecular weight is 324 g/mol. The summed E-state index contributed by atoms with van der Waals surface area (Å²) >= 11 is 3.40. The Morgan fingerprint density at radius 2 is 2.05 bits per heavy atom. The number of hydrogen-bond donors (Lipinski definition) is 1. The molecule has 3 rings (SSSR count). The van der Waals surface area contributed by atoms with Crippen molar-refractivity contribution in [2.24, 2.45) is 5.73 Å². The summed E-state index contributed by atoms with van der Waals surface area (Å²) in [5.74, 6) is 1.14. The van der Waals surface area contributed by atoms with E-state index in [0.29, 0.717) is 24.9 Å². The monoisotopic (exact) mass is 323 g/mol. The lowest BCUT2D eigenvalue weighted by Crippen LogP contribution is -2.37. The second-order valence-electron chi connectivity index (χ2n) is 4.60. The van der Waals surface area contributed by atoms with Crippen molar-refractivity contribution in [3.63, 3.8) is 0 Å². The highest BCUT2D eigenvalue weighted by molar-refractivity contribution is 9.10. The van der Waals surface area contributed by atoms with E-state index in [-0.39, 0.29) is 12.0 Å². The summed E-state index contributed by atoms with van der Waals surface area (Å²) < 4.78 is 11.8. The maximum absolute atomic E-state index is 6.06. The van der Waals surface area contributed by atoms with Gasteiger partial charge in [0.15, 0.2) is 0 Å². The van der Waals surface area contributed by atoms with Crippen LogP contribution < -0.4 is 5.73 Å². The van der Waals surface area contributed by atoms with Crippen LogP contribution in [-0.2, 0) is 4.74 Å². The summed E-state index contributed by atoms with van der Waals surface area (Å²) in [4.78, 5) is 4.43. The van der Waals surface area contributed by atoms with Gasteiger partial charge in [-0.2, -0.15) is 4.98 Å². The molecule has 2 heterocycles. The summed E-state index contributed by atoms with van der Waals surface area (Å²) in [6, 6.07) is 7.79. The minimum absolute atomic E-state index is 0.00884. The lowest BCUT2D eigenvalue weighted by atomic mass is 9.97. The quantitative estimate of drug-likeness (QED) is 0.918. The highest BCUT2D eigenvalue weighted by Gasteiger charge is 2.29. The maximum atomic E-state index is 6.06. The van der Waals surface area contributed by atoms with Crippen LogP contribution in [0.3, 0.4) is 0 Å². The fourth-order valence-corrected chi connectivity index (χ4v) is 2.38. The van der Waals surface area contributed by atoms with Crippen molar-refractivity contribution >= 4 is 15.9 Å². The molecular formula is C13H14BrN3O2. The second kappa shape index (κ2) is 5.40. The van der Waals surface area contributed by atoms with Crippen LogP contribution in [0.4, 0.5) is 0 Å². The van der Waals surface area contributed by atoms with Gasteiger partial charge in [-0.3, -0.25) is 0 Å². The Balaban J connectivity index is 1.84. The van der Waals surface area contributed by atoms with Gasteiger partial charge in [-0.1, -0.05) is 21.1 Å². The molecule has 2 N–H and O–H groups in total. The lowest BCUT2D eigenvalue weighted by Gasteiger charge is -2.25. The maximum Gasteiger partial charge on any atom is 0.233 e. The largest absolute Gasteiger partial charge is 0.381 e. The molecule has 1 aliphatic heterocycles. The van der Waals surface area contributed by atoms with Crippen LogP contribution in [-0.4, -0.2) is 29.4 Å². The van der Waals surface area contributed by atoms with Crippen molar-refractivity contribution in [2.45, 2.75) is 18.4 Å². The number of hydrogen-bond acceptors (Lipinski definition) is 5. The molecule has 6 heteroatoms. The first-order valence-electron chi connectivity index (χ1n) is 6.17. The first-order valence-corrected chi connectivity index (χ1v) is 6.96. The van der Waals surface area contributed by atoms with Crippen LogP contribution in [0.2, 0.25) is 0 Å². The first-order chi connectivity index (χ1) is 9.24. The number of benzene rings is 1. The van der Waals surface area contributed by atoms with Crippen molar-refractivity contribution in [2.75, 3.05) is 13.2 Å². The molecular weight excluding hydrogens is 310 g/mol. The van der Waals surface area contributed by atoms with Gasteiger partial charge < -0.3 is 15.0 Å². The van der Waals surface area contributed by atoms with Gasteiger partial charge in [0, 0.05) is 22.7 Å². The topological polar surface area (TPSA) is 74.2 Å². The zero-order valence-electron chi connectivity index (χ0n) is 10.3. The van der Waals surface area contributed by atoms with Gasteiger partial charge in [-0.15, -0.1) is 0 Å². The summed E-state index contributed by atoms with van der Waals surface area (Å²) in [5, 5.41) is 4.01. The van der Waals surface area contributed by atoms with Crippen molar-refractivity contribution in [1.82, 2.24) is 10.1 Å². The fraction of sp³-hybridized carbons (Fsp3) is 0.385. The van der Waals surface area contributed by atoms with Gasteiger partial charge >= 0.3 is 0 Å². The predicted octanol–water partition coefficient (Wildman–Crippen LogP) is 2.33. The van der Waals surface area contributed by atoms with Gasteiger partial charge in [0.05, 0.1) is 12.5 Å². The SMILES string of the molecule is NC1CCOCC1c1nc(-c2ccc(Br)cc2)no1. The molecule has 2 aromatic rings. The highest BCUT2D eigenvalue weighted by atomic mass is 79.9. The third-order valence-electron chi connectivity index (χ3n) is 3.27. The molecule has 0 saturated carbocycles. The minimum Gasteiger partial charge on any atom is -0.381 e. The molecule has 100 valence electrons. The molecule has 1 aliphatic rings. The van der Waals surface area contributed by atoms with Gasteiger partial charge in [0.1, 0.15) is 0 Å². The Labute approximate surface area is 119 Å². The van der Waals surface area contributed by atoms with Gasteiger partial charge in [-0.25, -0.2) is 0 Å². The van der Waals surface area contributed by atoms with Crippen molar-refractivity contribution in [3.8, 4) is 11.4 Å². The third-order valence-corrected chi connectivity index (χ3v) is 3.80. The molecule has 0 spiro atoms. The smallest absolute Gasteiger partial charge is 0.233 e. The van der Waals surface area contributed by atoms with Gasteiger partial charge in [-0.05, 0) is 30.7 Å². The molecule has 2 unspecified atom stereocenters.